The van der Waals surface area contributed by atoms with Gasteiger partial charge in [-0.05, 0) is 32.1 Å². The van der Waals surface area contributed by atoms with Crippen LogP contribution in [0.2, 0.25) is 0 Å². The molecule has 0 aromatic carbocycles. The Bertz CT molecular complexity index is 1130. The Morgan fingerprint density at radius 3 is 1.44 bits per heavy atom. The number of hydrogen-bond donors (Lipinski definition) is 6. The number of rotatable bonds is 38. The third kappa shape index (κ3) is 28.5. The van der Waals surface area contributed by atoms with Crippen molar-refractivity contribution in [1.82, 2.24) is 0 Å². The molecule has 346 valence electrons. The first kappa shape index (κ1) is 55.3. The SMILES string of the molecule is CCCCCCCCCC/C=C\C/C=C\CCC(=O)OC(COC(=O)CCCCCCCCCCCCCCCCC)COP(=O)(O)OC1[C@H](O)[C@H](O)C(O)[C@H](O)[C@H]1O. The number of unbranched alkanes of at least 4 members (excludes halogenated alkanes) is 22. The van der Waals surface area contributed by atoms with E-state index >= 15 is 0 Å². The second-order valence-corrected chi connectivity index (χ2v) is 17.7. The minimum absolute atomic E-state index is 0.00606. The molecular weight excluding hydrogens is 779 g/mol. The van der Waals surface area contributed by atoms with Crippen LogP contribution in [-0.2, 0) is 32.7 Å². The number of carbonyl (C=O) groups excluding carboxylic acids is 2. The van der Waals surface area contributed by atoms with Gasteiger partial charge in [0.1, 0.15) is 43.2 Å². The minimum atomic E-state index is -5.13. The van der Waals surface area contributed by atoms with Gasteiger partial charge in [0, 0.05) is 12.8 Å². The van der Waals surface area contributed by atoms with Gasteiger partial charge < -0.3 is 39.9 Å². The van der Waals surface area contributed by atoms with Gasteiger partial charge in [0.05, 0.1) is 6.61 Å². The molecule has 0 spiro atoms. The molecule has 14 heteroatoms. The first-order valence-electron chi connectivity index (χ1n) is 23.1. The molecule has 8 atom stereocenters. The Labute approximate surface area is 356 Å². The molecule has 6 N–H and O–H groups in total. The normalized spacial score (nSPS) is 22.5. The standard InChI is InChI=1S/C45H83O13P/c1-3-5-7-9-11-13-15-17-19-21-23-25-27-29-31-33-38(46)55-35-37(36-56-59(53,54)58-45-43(51)41(49)40(48)42(50)44(45)52)57-39(47)34-32-30-28-26-24-22-20-18-16-14-12-10-8-6-4-2/h22,24,28,30,37,40-45,48-52H,3-21,23,25-27,29,31-36H2,1-2H3,(H,53,54)/b24-22-,30-28-/t37?,40?,41-,42+,43-,44-,45?/m1/s1. The molecule has 1 rings (SSSR count). The second-order valence-electron chi connectivity index (χ2n) is 16.3. The number of carbonyl (C=O) groups is 2. The van der Waals surface area contributed by atoms with Gasteiger partial charge in [0.2, 0.25) is 0 Å². The Kier molecular flexibility index (Phi) is 33.7. The minimum Gasteiger partial charge on any atom is -0.462 e. The van der Waals surface area contributed by atoms with Crippen molar-refractivity contribution in [2.24, 2.45) is 0 Å². The maximum atomic E-state index is 12.8. The topological polar surface area (TPSA) is 210 Å². The highest BCUT2D eigenvalue weighted by Crippen LogP contribution is 2.47. The van der Waals surface area contributed by atoms with Crippen molar-refractivity contribution in [1.29, 1.82) is 0 Å². The van der Waals surface area contributed by atoms with Crippen LogP contribution in [0.4, 0.5) is 0 Å². The van der Waals surface area contributed by atoms with Crippen molar-refractivity contribution in [3.63, 3.8) is 0 Å². The monoisotopic (exact) mass is 863 g/mol. The van der Waals surface area contributed by atoms with E-state index in [0.717, 1.165) is 32.1 Å². The Balaban J connectivity index is 2.49. The van der Waals surface area contributed by atoms with E-state index in [1.165, 1.54) is 122 Å². The van der Waals surface area contributed by atoms with E-state index in [9.17, 15) is 44.6 Å². The van der Waals surface area contributed by atoms with Crippen molar-refractivity contribution in [3.8, 4) is 0 Å². The van der Waals surface area contributed by atoms with E-state index < -0.39 is 75.7 Å². The zero-order chi connectivity index (χ0) is 43.6. The van der Waals surface area contributed by atoms with Gasteiger partial charge in [-0.25, -0.2) is 4.57 Å². The van der Waals surface area contributed by atoms with E-state index in [-0.39, 0.29) is 12.8 Å². The summed E-state index contributed by atoms with van der Waals surface area (Å²) in [4.78, 5) is 35.6. The summed E-state index contributed by atoms with van der Waals surface area (Å²) < 4.78 is 33.4. The molecule has 1 saturated carbocycles. The summed E-state index contributed by atoms with van der Waals surface area (Å²) >= 11 is 0. The van der Waals surface area contributed by atoms with Crippen LogP contribution in [0, 0.1) is 0 Å². The van der Waals surface area contributed by atoms with E-state index in [4.69, 9.17) is 18.5 Å². The first-order chi connectivity index (χ1) is 28.4. The van der Waals surface area contributed by atoms with Crippen molar-refractivity contribution >= 4 is 19.8 Å². The maximum Gasteiger partial charge on any atom is 0.472 e. The van der Waals surface area contributed by atoms with E-state index in [2.05, 4.69) is 26.0 Å². The first-order valence-corrected chi connectivity index (χ1v) is 24.6. The van der Waals surface area contributed by atoms with E-state index in [1.54, 1.807) is 0 Å². The molecule has 0 heterocycles. The lowest BCUT2D eigenvalue weighted by molar-refractivity contribution is -0.220. The van der Waals surface area contributed by atoms with Crippen molar-refractivity contribution in [2.75, 3.05) is 13.2 Å². The lowest BCUT2D eigenvalue weighted by atomic mass is 9.85. The summed E-state index contributed by atoms with van der Waals surface area (Å²) in [5.41, 5.74) is 0. The van der Waals surface area contributed by atoms with Gasteiger partial charge in [0.15, 0.2) is 6.10 Å². The van der Waals surface area contributed by atoms with Gasteiger partial charge in [-0.2, -0.15) is 0 Å². The van der Waals surface area contributed by atoms with Crippen molar-refractivity contribution < 1.29 is 63.1 Å². The number of aliphatic hydroxyl groups excluding tert-OH is 5. The van der Waals surface area contributed by atoms with Gasteiger partial charge in [-0.1, -0.05) is 173 Å². The lowest BCUT2D eigenvalue weighted by Crippen LogP contribution is -2.64. The predicted molar refractivity (Wildman–Crippen MR) is 230 cm³/mol. The highest BCUT2D eigenvalue weighted by atomic mass is 31.2. The molecular formula is C45H83O13P. The molecule has 0 saturated heterocycles. The van der Waals surface area contributed by atoms with E-state index in [1.807, 2.05) is 12.2 Å². The predicted octanol–water partition coefficient (Wildman–Crippen LogP) is 8.84. The van der Waals surface area contributed by atoms with Gasteiger partial charge in [-0.3, -0.25) is 18.6 Å². The summed E-state index contributed by atoms with van der Waals surface area (Å²) in [5.74, 6) is -1.17. The molecule has 0 radical (unpaired) electrons. The van der Waals surface area contributed by atoms with Crippen molar-refractivity contribution in [3.05, 3.63) is 24.3 Å². The molecule has 0 aliphatic heterocycles. The van der Waals surface area contributed by atoms with Crippen molar-refractivity contribution in [2.45, 2.75) is 236 Å². The molecule has 1 aliphatic carbocycles. The van der Waals surface area contributed by atoms with Crippen LogP contribution >= 0.6 is 7.82 Å². The Morgan fingerprint density at radius 1 is 0.525 bits per heavy atom. The zero-order valence-corrected chi connectivity index (χ0v) is 37.4. The molecule has 1 fully saturated rings. The molecule has 0 aromatic rings. The summed E-state index contributed by atoms with van der Waals surface area (Å²) in [6.45, 7) is 3.26. The number of aliphatic hydroxyl groups is 5. The van der Waals surface area contributed by atoms with Crippen LogP contribution < -0.4 is 0 Å². The number of hydrogen-bond acceptors (Lipinski definition) is 12. The summed E-state index contributed by atoms with van der Waals surface area (Å²) in [7, 11) is -5.13. The van der Waals surface area contributed by atoms with E-state index in [0.29, 0.717) is 12.8 Å². The van der Waals surface area contributed by atoms with Crippen LogP contribution in [0.15, 0.2) is 24.3 Å². The molecule has 13 nitrogen and oxygen atoms in total. The van der Waals surface area contributed by atoms with Gasteiger partial charge in [-0.15, -0.1) is 0 Å². The van der Waals surface area contributed by atoms with Gasteiger partial charge >= 0.3 is 19.8 Å². The lowest BCUT2D eigenvalue weighted by Gasteiger charge is -2.41. The molecule has 0 amide bonds. The third-order valence-electron chi connectivity index (χ3n) is 10.8. The van der Waals surface area contributed by atoms with Crippen LogP contribution in [0.3, 0.4) is 0 Å². The zero-order valence-electron chi connectivity index (χ0n) is 36.6. The average Bonchev–Trinajstić information content (AvgIpc) is 3.21. The fraction of sp³-hybridized carbons (Fsp3) is 0.867. The summed E-state index contributed by atoms with van der Waals surface area (Å²) in [6, 6.07) is 0. The smallest absolute Gasteiger partial charge is 0.462 e. The largest absolute Gasteiger partial charge is 0.472 e. The third-order valence-corrected chi connectivity index (χ3v) is 11.8. The number of allylic oxidation sites excluding steroid dienone is 4. The number of ether oxygens (including phenoxy) is 2. The number of esters is 2. The van der Waals surface area contributed by atoms with Crippen LogP contribution in [0.5, 0.6) is 0 Å². The fourth-order valence-corrected chi connectivity index (χ4v) is 8.02. The average molecular weight is 863 g/mol. The summed E-state index contributed by atoms with van der Waals surface area (Å²) in [5, 5.41) is 50.1. The van der Waals surface area contributed by atoms with Crippen LogP contribution in [0.1, 0.15) is 194 Å². The van der Waals surface area contributed by atoms with Crippen LogP contribution in [0.25, 0.3) is 0 Å². The highest BCUT2D eigenvalue weighted by Gasteiger charge is 2.51. The fourth-order valence-electron chi connectivity index (χ4n) is 7.05. The molecule has 59 heavy (non-hydrogen) atoms. The molecule has 0 bridgehead atoms. The quantitative estimate of drug-likeness (QED) is 0.0149. The summed E-state index contributed by atoms with van der Waals surface area (Å²) in [6.07, 6.45) is 25.4. The van der Waals surface area contributed by atoms with Gasteiger partial charge in [0.25, 0.3) is 0 Å². The number of phosphoric ester groups is 1. The number of phosphoric acid groups is 1. The molecule has 0 aromatic heterocycles. The highest BCUT2D eigenvalue weighted by molar-refractivity contribution is 7.47. The molecule has 1 aliphatic rings. The van der Waals surface area contributed by atoms with Crippen LogP contribution in [-0.4, -0.2) is 98.3 Å². The Morgan fingerprint density at radius 2 is 0.949 bits per heavy atom. The maximum absolute atomic E-state index is 12.8. The molecule has 4 unspecified atom stereocenters. The Hall–Kier alpha value is -1.67. The second kappa shape index (κ2) is 35.9.